The smallest absolute Gasteiger partial charge is 0.252 e. The zero-order chi connectivity index (χ0) is 13.3. The van der Waals surface area contributed by atoms with Crippen molar-refractivity contribution < 1.29 is 14.4 Å². The van der Waals surface area contributed by atoms with Crippen molar-refractivity contribution in [3.8, 4) is 0 Å². The predicted octanol–water partition coefficient (Wildman–Crippen LogP) is 2.18. The van der Waals surface area contributed by atoms with Crippen molar-refractivity contribution in [3.63, 3.8) is 0 Å². The number of hydrogen-bond donors (Lipinski definition) is 0. The Hall–Kier alpha value is -1.39. The SMILES string of the molecule is O=C(Cl)c1ccc(N2CC(C(=O)Cl)CC2=O)cc1. The van der Waals surface area contributed by atoms with Gasteiger partial charge in [-0.15, -0.1) is 0 Å². The Labute approximate surface area is 113 Å². The number of rotatable bonds is 3. The third kappa shape index (κ3) is 2.54. The van der Waals surface area contributed by atoms with Crippen LogP contribution in [0.3, 0.4) is 0 Å². The van der Waals surface area contributed by atoms with Gasteiger partial charge in [0.25, 0.3) is 5.24 Å². The minimum Gasteiger partial charge on any atom is -0.312 e. The van der Waals surface area contributed by atoms with E-state index < -0.39 is 16.4 Å². The summed E-state index contributed by atoms with van der Waals surface area (Å²) in [6.45, 7) is 0.273. The molecule has 0 N–H and O–H groups in total. The monoisotopic (exact) mass is 285 g/mol. The third-order valence-electron chi connectivity index (χ3n) is 2.85. The third-order valence-corrected chi connectivity index (χ3v) is 3.38. The van der Waals surface area contributed by atoms with Crippen molar-refractivity contribution in [2.45, 2.75) is 6.42 Å². The van der Waals surface area contributed by atoms with Crippen molar-refractivity contribution in [2.24, 2.45) is 5.92 Å². The lowest BCUT2D eigenvalue weighted by atomic mass is 10.1. The van der Waals surface area contributed by atoms with Gasteiger partial charge in [0.05, 0.1) is 5.92 Å². The van der Waals surface area contributed by atoms with Crippen LogP contribution in [0.2, 0.25) is 0 Å². The molecule has 1 unspecified atom stereocenters. The molecule has 1 aromatic rings. The molecule has 1 heterocycles. The lowest BCUT2D eigenvalue weighted by Crippen LogP contribution is -2.25. The summed E-state index contributed by atoms with van der Waals surface area (Å²) in [4.78, 5) is 35.2. The van der Waals surface area contributed by atoms with Crippen molar-refractivity contribution in [3.05, 3.63) is 29.8 Å². The molecule has 6 heteroatoms. The van der Waals surface area contributed by atoms with Gasteiger partial charge >= 0.3 is 0 Å². The first-order valence-electron chi connectivity index (χ1n) is 5.28. The van der Waals surface area contributed by atoms with Crippen LogP contribution in [-0.2, 0) is 9.59 Å². The Morgan fingerprint density at radius 1 is 1.17 bits per heavy atom. The molecule has 0 aromatic heterocycles. The molecule has 0 aliphatic carbocycles. The fourth-order valence-electron chi connectivity index (χ4n) is 1.88. The standard InChI is InChI=1S/C12H9Cl2NO3/c13-11(17)7-1-3-9(4-2-7)15-6-8(12(14)18)5-10(15)16/h1-4,8H,5-6H2. The molecule has 1 aliphatic rings. The van der Waals surface area contributed by atoms with Gasteiger partial charge in [-0.3, -0.25) is 14.4 Å². The maximum absolute atomic E-state index is 11.7. The minimum absolute atomic E-state index is 0.124. The highest BCUT2D eigenvalue weighted by Crippen LogP contribution is 2.26. The molecular formula is C12H9Cl2NO3. The minimum atomic E-state index is -0.553. The summed E-state index contributed by atoms with van der Waals surface area (Å²) in [6.07, 6.45) is 0.124. The van der Waals surface area contributed by atoms with E-state index in [0.717, 1.165) is 0 Å². The van der Waals surface area contributed by atoms with E-state index in [4.69, 9.17) is 23.2 Å². The molecule has 0 bridgehead atoms. The first-order chi connectivity index (χ1) is 8.49. The van der Waals surface area contributed by atoms with Crippen molar-refractivity contribution in [1.82, 2.24) is 0 Å². The fourth-order valence-corrected chi connectivity index (χ4v) is 2.15. The van der Waals surface area contributed by atoms with Crippen molar-refractivity contribution >= 4 is 45.3 Å². The van der Waals surface area contributed by atoms with Gasteiger partial charge in [0, 0.05) is 24.2 Å². The zero-order valence-electron chi connectivity index (χ0n) is 9.23. The number of halogens is 2. The van der Waals surface area contributed by atoms with Crippen LogP contribution < -0.4 is 4.90 Å². The van der Waals surface area contributed by atoms with Gasteiger partial charge in [0.1, 0.15) is 0 Å². The molecular weight excluding hydrogens is 277 g/mol. The van der Waals surface area contributed by atoms with Crippen LogP contribution >= 0.6 is 23.2 Å². The maximum Gasteiger partial charge on any atom is 0.252 e. The van der Waals surface area contributed by atoms with E-state index in [1.165, 1.54) is 17.0 Å². The van der Waals surface area contributed by atoms with Crippen LogP contribution in [0.4, 0.5) is 5.69 Å². The topological polar surface area (TPSA) is 54.5 Å². The average molecular weight is 286 g/mol. The molecule has 1 amide bonds. The summed E-state index contributed by atoms with van der Waals surface area (Å²) >= 11 is 10.7. The normalized spacial score (nSPS) is 19.1. The first kappa shape index (κ1) is 13.1. The summed E-state index contributed by atoms with van der Waals surface area (Å²) in [7, 11) is 0. The van der Waals surface area contributed by atoms with Gasteiger partial charge in [0.2, 0.25) is 11.1 Å². The Balaban J connectivity index is 2.19. The second-order valence-corrected chi connectivity index (χ2v) is 4.75. The summed E-state index contributed by atoms with van der Waals surface area (Å²) in [5.41, 5.74) is 0.985. The maximum atomic E-state index is 11.7. The lowest BCUT2D eigenvalue weighted by Gasteiger charge is -2.16. The molecule has 1 fully saturated rings. The highest BCUT2D eigenvalue weighted by Gasteiger charge is 2.34. The van der Waals surface area contributed by atoms with Crippen LogP contribution in [0.5, 0.6) is 0 Å². The van der Waals surface area contributed by atoms with E-state index >= 15 is 0 Å². The van der Waals surface area contributed by atoms with Gasteiger partial charge in [-0.1, -0.05) is 0 Å². The summed E-state index contributed by atoms with van der Waals surface area (Å²) in [6, 6.07) is 6.31. The predicted molar refractivity (Wildman–Crippen MR) is 67.9 cm³/mol. The van der Waals surface area contributed by atoms with E-state index in [2.05, 4.69) is 0 Å². The number of anilines is 1. The number of carbonyl (C=O) groups is 3. The number of nitrogens with zero attached hydrogens (tertiary/aromatic N) is 1. The van der Waals surface area contributed by atoms with Gasteiger partial charge in [-0.25, -0.2) is 0 Å². The second-order valence-electron chi connectivity index (χ2n) is 4.03. The number of amides is 1. The Morgan fingerprint density at radius 3 is 2.22 bits per heavy atom. The van der Waals surface area contributed by atoms with E-state index in [-0.39, 0.29) is 18.9 Å². The largest absolute Gasteiger partial charge is 0.312 e. The fraction of sp³-hybridized carbons (Fsp3) is 0.250. The second kappa shape index (κ2) is 5.08. The molecule has 2 rings (SSSR count). The molecule has 1 saturated heterocycles. The summed E-state index contributed by atoms with van der Waals surface area (Å²) in [5, 5.41) is -1.05. The highest BCUT2D eigenvalue weighted by molar-refractivity contribution is 6.67. The number of benzene rings is 1. The van der Waals surface area contributed by atoms with Gasteiger partial charge in [0.15, 0.2) is 0 Å². The molecule has 18 heavy (non-hydrogen) atoms. The molecule has 1 aromatic carbocycles. The highest BCUT2D eigenvalue weighted by atomic mass is 35.5. The van der Waals surface area contributed by atoms with E-state index in [0.29, 0.717) is 11.3 Å². The molecule has 94 valence electrons. The lowest BCUT2D eigenvalue weighted by molar-refractivity contribution is -0.120. The number of hydrogen-bond acceptors (Lipinski definition) is 3. The summed E-state index contributed by atoms with van der Waals surface area (Å²) < 4.78 is 0. The molecule has 1 aliphatic heterocycles. The van der Waals surface area contributed by atoms with Gasteiger partial charge in [-0.2, -0.15) is 0 Å². The van der Waals surface area contributed by atoms with Crippen LogP contribution in [0.25, 0.3) is 0 Å². The Bertz CT molecular complexity index is 513. The first-order valence-corrected chi connectivity index (χ1v) is 6.04. The average Bonchev–Trinajstić information content (AvgIpc) is 2.71. The molecule has 1 atom stereocenters. The molecule has 0 spiro atoms. The van der Waals surface area contributed by atoms with Crippen LogP contribution in [-0.4, -0.2) is 22.9 Å². The molecule has 4 nitrogen and oxygen atoms in total. The van der Waals surface area contributed by atoms with Crippen molar-refractivity contribution in [1.29, 1.82) is 0 Å². The quantitative estimate of drug-likeness (QED) is 0.800. The van der Waals surface area contributed by atoms with Crippen molar-refractivity contribution in [2.75, 3.05) is 11.4 Å². The zero-order valence-corrected chi connectivity index (χ0v) is 10.7. The van der Waals surface area contributed by atoms with Crippen LogP contribution in [0.15, 0.2) is 24.3 Å². The van der Waals surface area contributed by atoms with Gasteiger partial charge < -0.3 is 4.90 Å². The Morgan fingerprint density at radius 2 is 1.78 bits per heavy atom. The molecule has 0 saturated carbocycles. The number of carbonyl (C=O) groups excluding carboxylic acids is 3. The van der Waals surface area contributed by atoms with Crippen LogP contribution in [0, 0.1) is 5.92 Å². The molecule has 0 radical (unpaired) electrons. The summed E-state index contributed by atoms with van der Waals surface area (Å²) in [5.74, 6) is -0.618. The van der Waals surface area contributed by atoms with Crippen LogP contribution in [0.1, 0.15) is 16.8 Å². The van der Waals surface area contributed by atoms with E-state index in [9.17, 15) is 14.4 Å². The Kier molecular flexibility index (Phi) is 3.68. The van der Waals surface area contributed by atoms with E-state index in [1.807, 2.05) is 0 Å². The van der Waals surface area contributed by atoms with E-state index in [1.54, 1.807) is 12.1 Å². The van der Waals surface area contributed by atoms with Gasteiger partial charge in [-0.05, 0) is 47.5 Å².